The number of allylic oxidation sites excluding steroid dienone is 1. The molecule has 1 saturated heterocycles. The minimum absolute atomic E-state index is 0.110. The second-order valence-corrected chi connectivity index (χ2v) is 7.32. The second-order valence-electron chi connectivity index (χ2n) is 6.16. The monoisotopic (exact) mass is 361 g/mol. The van der Waals surface area contributed by atoms with Gasteiger partial charge in [0.2, 0.25) is 5.91 Å². The summed E-state index contributed by atoms with van der Waals surface area (Å²) in [6, 6.07) is 6.72. The van der Waals surface area contributed by atoms with E-state index in [1.54, 1.807) is 34.1 Å². The van der Waals surface area contributed by atoms with Gasteiger partial charge in [0.1, 0.15) is 5.25 Å². The van der Waals surface area contributed by atoms with Gasteiger partial charge in [0.25, 0.3) is 0 Å². The Kier molecular flexibility index (Phi) is 4.71. The molecule has 2 aliphatic rings. The number of benzene rings is 1. The van der Waals surface area contributed by atoms with Crippen molar-refractivity contribution in [2.24, 2.45) is 11.7 Å². The largest absolute Gasteiger partial charge is 0.480 e. The molecule has 3 amide bonds. The Morgan fingerprint density at radius 1 is 1.28 bits per heavy atom. The van der Waals surface area contributed by atoms with E-state index >= 15 is 0 Å². The zero-order valence-electron chi connectivity index (χ0n) is 13.7. The number of nitrogens with two attached hydrogens (primary N) is 1. The Balaban J connectivity index is 1.65. The lowest BCUT2D eigenvalue weighted by atomic mass is 10.1. The van der Waals surface area contributed by atoms with Crippen molar-refractivity contribution >= 4 is 29.7 Å². The van der Waals surface area contributed by atoms with Gasteiger partial charge in [-0.3, -0.25) is 14.5 Å². The van der Waals surface area contributed by atoms with Crippen molar-refractivity contribution in [2.45, 2.75) is 18.7 Å². The molecular weight excluding hydrogens is 342 g/mol. The van der Waals surface area contributed by atoms with Crippen LogP contribution in [0.25, 0.3) is 0 Å². The molecule has 3 N–H and O–H groups in total. The highest BCUT2D eigenvalue weighted by Gasteiger charge is 2.38. The third-order valence-corrected chi connectivity index (χ3v) is 5.83. The van der Waals surface area contributed by atoms with E-state index in [1.165, 1.54) is 11.8 Å². The van der Waals surface area contributed by atoms with Gasteiger partial charge in [0.05, 0.1) is 5.03 Å². The van der Waals surface area contributed by atoms with Crippen LogP contribution in [0.15, 0.2) is 35.4 Å². The maximum atomic E-state index is 12.6. The van der Waals surface area contributed by atoms with Crippen molar-refractivity contribution in [3.05, 3.63) is 46.5 Å². The first-order chi connectivity index (χ1) is 11.9. The van der Waals surface area contributed by atoms with Crippen LogP contribution in [0.1, 0.15) is 22.8 Å². The topological polar surface area (TPSA) is 104 Å². The quantitative estimate of drug-likeness (QED) is 0.831. The minimum Gasteiger partial charge on any atom is -0.480 e. The minimum atomic E-state index is -0.859. The highest BCUT2D eigenvalue weighted by molar-refractivity contribution is 8.04. The number of thioether (sulfide) groups is 1. The number of hydrogen-bond acceptors (Lipinski definition) is 4. The van der Waals surface area contributed by atoms with Gasteiger partial charge in [0.15, 0.2) is 0 Å². The Bertz CT molecular complexity index is 747. The summed E-state index contributed by atoms with van der Waals surface area (Å²) < 4.78 is 0. The summed E-state index contributed by atoms with van der Waals surface area (Å²) in [5.74, 6) is -1.45. The van der Waals surface area contributed by atoms with Crippen LogP contribution in [0.4, 0.5) is 4.79 Å². The third kappa shape index (κ3) is 3.48. The maximum absolute atomic E-state index is 12.6. The predicted molar refractivity (Wildman–Crippen MR) is 93.7 cm³/mol. The molecule has 1 aromatic carbocycles. The molecule has 2 atom stereocenters. The summed E-state index contributed by atoms with van der Waals surface area (Å²) in [6.07, 6.45) is 1.85. The van der Waals surface area contributed by atoms with Crippen molar-refractivity contribution in [3.8, 4) is 0 Å². The molecular formula is C17H19N3O4S. The van der Waals surface area contributed by atoms with Crippen LogP contribution < -0.4 is 5.73 Å². The van der Waals surface area contributed by atoms with E-state index < -0.39 is 17.1 Å². The van der Waals surface area contributed by atoms with Crippen LogP contribution in [0.3, 0.4) is 0 Å². The highest BCUT2D eigenvalue weighted by atomic mass is 32.2. The Labute approximate surface area is 149 Å². The smallest absolute Gasteiger partial charge is 0.325 e. The maximum Gasteiger partial charge on any atom is 0.325 e. The number of rotatable bonds is 5. The molecule has 132 valence electrons. The lowest BCUT2D eigenvalue weighted by Gasteiger charge is -2.19. The molecule has 0 saturated carbocycles. The first-order valence-electron chi connectivity index (χ1n) is 7.93. The Morgan fingerprint density at radius 2 is 1.96 bits per heavy atom. The molecule has 25 heavy (non-hydrogen) atoms. The summed E-state index contributed by atoms with van der Waals surface area (Å²) in [7, 11) is 0. The summed E-state index contributed by atoms with van der Waals surface area (Å²) >= 11 is 1.23. The van der Waals surface area contributed by atoms with Crippen LogP contribution in [0.2, 0.25) is 0 Å². The molecule has 1 aromatic rings. The standard InChI is InChI=1S/C17H19N3O4S/c1-10-8-13(25-14(10)16(22)23)20-7-6-19(17(20)24)9-11-2-4-12(5-3-11)15(18)21/h2-5,8,10,14H,6-7,9H2,1H3,(H2,18,21)(H,22,23). The summed E-state index contributed by atoms with van der Waals surface area (Å²) in [6.45, 7) is 3.39. The molecule has 0 bridgehead atoms. The molecule has 2 aliphatic heterocycles. The number of carboxylic acid groups (broad SMARTS) is 1. The summed E-state index contributed by atoms with van der Waals surface area (Å²) in [4.78, 5) is 38.3. The molecule has 7 nitrogen and oxygen atoms in total. The van der Waals surface area contributed by atoms with Gasteiger partial charge in [-0.05, 0) is 29.7 Å². The van der Waals surface area contributed by atoms with E-state index in [-0.39, 0.29) is 11.9 Å². The van der Waals surface area contributed by atoms with E-state index in [0.717, 1.165) is 10.6 Å². The third-order valence-electron chi connectivity index (χ3n) is 4.35. The zero-order chi connectivity index (χ0) is 18.1. The van der Waals surface area contributed by atoms with Gasteiger partial charge in [-0.15, -0.1) is 0 Å². The number of amides is 3. The van der Waals surface area contributed by atoms with Gasteiger partial charge in [0, 0.05) is 25.2 Å². The molecule has 0 aromatic heterocycles. The fraction of sp³-hybridized carbons (Fsp3) is 0.353. The number of carbonyl (C=O) groups excluding carboxylic acids is 2. The number of urea groups is 1. The molecule has 2 unspecified atom stereocenters. The average Bonchev–Trinajstić information content (AvgIpc) is 3.11. The van der Waals surface area contributed by atoms with E-state index in [1.807, 2.05) is 13.0 Å². The first-order valence-corrected chi connectivity index (χ1v) is 8.81. The number of carboxylic acids is 1. The molecule has 1 fully saturated rings. The predicted octanol–water partition coefficient (Wildman–Crippen LogP) is 1.70. The molecule has 0 radical (unpaired) electrons. The zero-order valence-corrected chi connectivity index (χ0v) is 14.5. The Hall–Kier alpha value is -2.48. The van der Waals surface area contributed by atoms with Crippen molar-refractivity contribution in [1.29, 1.82) is 0 Å². The first kappa shape index (κ1) is 17.3. The highest BCUT2D eigenvalue weighted by Crippen LogP contribution is 2.39. The number of aliphatic carboxylic acids is 1. The van der Waals surface area contributed by atoms with Crippen LogP contribution >= 0.6 is 11.8 Å². The van der Waals surface area contributed by atoms with E-state index in [0.29, 0.717) is 25.2 Å². The van der Waals surface area contributed by atoms with Crippen LogP contribution in [0, 0.1) is 5.92 Å². The molecule has 3 rings (SSSR count). The number of carbonyl (C=O) groups is 3. The fourth-order valence-corrected chi connectivity index (χ4v) is 4.19. The molecule has 0 spiro atoms. The van der Waals surface area contributed by atoms with Crippen molar-refractivity contribution in [2.75, 3.05) is 13.1 Å². The van der Waals surface area contributed by atoms with Gasteiger partial charge in [-0.1, -0.05) is 30.8 Å². The molecule has 2 heterocycles. The fourth-order valence-electron chi connectivity index (χ4n) is 2.95. The number of nitrogens with zero attached hydrogens (tertiary/aromatic N) is 2. The molecule has 0 aliphatic carbocycles. The van der Waals surface area contributed by atoms with E-state index in [2.05, 4.69) is 0 Å². The van der Waals surface area contributed by atoms with Crippen molar-refractivity contribution < 1.29 is 19.5 Å². The lowest BCUT2D eigenvalue weighted by molar-refractivity contribution is -0.136. The number of hydrogen-bond donors (Lipinski definition) is 2. The second kappa shape index (κ2) is 6.79. The SMILES string of the molecule is CC1C=C(N2CCN(Cc3ccc(C(N)=O)cc3)C2=O)SC1C(=O)O. The van der Waals surface area contributed by atoms with Gasteiger partial charge in [-0.25, -0.2) is 4.79 Å². The normalized spacial score (nSPS) is 23.1. The van der Waals surface area contributed by atoms with Crippen LogP contribution in [0.5, 0.6) is 0 Å². The van der Waals surface area contributed by atoms with Crippen LogP contribution in [-0.2, 0) is 11.3 Å². The average molecular weight is 361 g/mol. The van der Waals surface area contributed by atoms with Crippen molar-refractivity contribution in [1.82, 2.24) is 9.80 Å². The van der Waals surface area contributed by atoms with E-state index in [9.17, 15) is 19.5 Å². The van der Waals surface area contributed by atoms with Gasteiger partial charge in [-0.2, -0.15) is 0 Å². The van der Waals surface area contributed by atoms with Crippen molar-refractivity contribution in [3.63, 3.8) is 0 Å². The number of primary amides is 1. The summed E-state index contributed by atoms with van der Waals surface area (Å²) in [5, 5.41) is 9.39. The summed E-state index contributed by atoms with van der Waals surface area (Å²) in [5.41, 5.74) is 6.56. The van der Waals surface area contributed by atoms with Crippen LogP contribution in [-0.4, -0.2) is 51.2 Å². The molecule has 8 heteroatoms. The van der Waals surface area contributed by atoms with Gasteiger partial charge >= 0.3 is 12.0 Å². The Morgan fingerprint density at radius 3 is 2.52 bits per heavy atom. The van der Waals surface area contributed by atoms with E-state index in [4.69, 9.17) is 5.73 Å². The lowest BCUT2D eigenvalue weighted by Crippen LogP contribution is -2.30. The van der Waals surface area contributed by atoms with Gasteiger partial charge < -0.3 is 15.7 Å².